The Kier molecular flexibility index (Phi) is 4.11. The summed E-state index contributed by atoms with van der Waals surface area (Å²) < 4.78 is 0. The summed E-state index contributed by atoms with van der Waals surface area (Å²) in [5.74, 6) is 0.287. The Morgan fingerprint density at radius 3 is 2.47 bits per heavy atom. The van der Waals surface area contributed by atoms with Crippen molar-refractivity contribution in [2.45, 2.75) is 51.1 Å². The van der Waals surface area contributed by atoms with Crippen molar-refractivity contribution in [3.8, 4) is 0 Å². The van der Waals surface area contributed by atoms with E-state index in [0.29, 0.717) is 12.3 Å². The van der Waals surface area contributed by atoms with Crippen LogP contribution >= 0.6 is 0 Å². The van der Waals surface area contributed by atoms with E-state index in [4.69, 9.17) is 5.73 Å². The van der Waals surface area contributed by atoms with Gasteiger partial charge in [0.25, 0.3) is 0 Å². The first-order chi connectivity index (χ1) is 6.99. The maximum atomic E-state index is 11.7. The number of carbonyl (C=O) groups is 1. The average Bonchev–Trinajstić information content (AvgIpc) is 2.09. The second-order valence-electron chi connectivity index (χ2n) is 5.02. The molecule has 4 nitrogen and oxygen atoms in total. The normalized spacial score (nSPS) is 20.9. The molecule has 88 valence electrons. The van der Waals surface area contributed by atoms with E-state index in [1.165, 1.54) is 0 Å². The minimum Gasteiger partial charge on any atom is -0.394 e. The van der Waals surface area contributed by atoms with E-state index in [9.17, 15) is 9.90 Å². The molecule has 0 bridgehead atoms. The Hall–Kier alpha value is -0.610. The number of rotatable bonds is 5. The van der Waals surface area contributed by atoms with Crippen LogP contribution < -0.4 is 11.1 Å². The van der Waals surface area contributed by atoms with E-state index in [0.717, 1.165) is 19.3 Å². The van der Waals surface area contributed by atoms with Crippen molar-refractivity contribution >= 4 is 5.91 Å². The molecule has 0 aromatic rings. The molecule has 15 heavy (non-hydrogen) atoms. The molecule has 0 unspecified atom stereocenters. The summed E-state index contributed by atoms with van der Waals surface area (Å²) in [6, 6.07) is -0.450. The molecule has 1 saturated carbocycles. The highest BCUT2D eigenvalue weighted by molar-refractivity contribution is 5.82. The monoisotopic (exact) mass is 214 g/mol. The first kappa shape index (κ1) is 12.5. The van der Waals surface area contributed by atoms with Gasteiger partial charge in [-0.1, -0.05) is 13.8 Å². The van der Waals surface area contributed by atoms with Crippen LogP contribution in [0.15, 0.2) is 0 Å². The number of hydrogen-bond acceptors (Lipinski definition) is 3. The largest absolute Gasteiger partial charge is 0.394 e. The third-order valence-electron chi connectivity index (χ3n) is 3.06. The Labute approximate surface area is 91.2 Å². The highest BCUT2D eigenvalue weighted by Gasteiger charge is 2.38. The van der Waals surface area contributed by atoms with Gasteiger partial charge in [-0.15, -0.1) is 0 Å². The smallest absolute Gasteiger partial charge is 0.237 e. The van der Waals surface area contributed by atoms with Crippen molar-refractivity contribution in [1.29, 1.82) is 0 Å². The van der Waals surface area contributed by atoms with Crippen molar-refractivity contribution in [1.82, 2.24) is 5.32 Å². The Bertz CT molecular complexity index is 219. The molecule has 0 aromatic carbocycles. The van der Waals surface area contributed by atoms with E-state index in [1.54, 1.807) is 0 Å². The minimum atomic E-state index is -0.450. The molecule has 0 radical (unpaired) electrons. The molecule has 4 N–H and O–H groups in total. The van der Waals surface area contributed by atoms with Crippen molar-refractivity contribution in [2.24, 2.45) is 11.7 Å². The standard InChI is InChI=1S/C11H22N2O2/c1-8(2)6-9(12)10(15)13-11(7-14)4-3-5-11/h8-9,14H,3-7,12H2,1-2H3,(H,13,15)/t9-/m1/s1. The summed E-state index contributed by atoms with van der Waals surface area (Å²) in [5.41, 5.74) is 5.40. The number of amides is 1. The van der Waals surface area contributed by atoms with E-state index in [1.807, 2.05) is 13.8 Å². The maximum absolute atomic E-state index is 11.7. The molecule has 0 spiro atoms. The van der Waals surface area contributed by atoms with Gasteiger partial charge in [-0.05, 0) is 31.6 Å². The van der Waals surface area contributed by atoms with Crippen molar-refractivity contribution in [2.75, 3.05) is 6.61 Å². The molecule has 0 heterocycles. The Morgan fingerprint density at radius 2 is 2.13 bits per heavy atom. The summed E-state index contributed by atoms with van der Waals surface area (Å²) in [5, 5.41) is 12.1. The zero-order valence-electron chi connectivity index (χ0n) is 9.62. The van der Waals surface area contributed by atoms with Crippen molar-refractivity contribution in [3.05, 3.63) is 0 Å². The van der Waals surface area contributed by atoms with Gasteiger partial charge in [0, 0.05) is 0 Å². The van der Waals surface area contributed by atoms with Crippen LogP contribution in [-0.4, -0.2) is 29.2 Å². The number of aliphatic hydroxyl groups is 1. The predicted octanol–water partition coefficient (Wildman–Crippen LogP) is 0.391. The van der Waals surface area contributed by atoms with Gasteiger partial charge < -0.3 is 16.2 Å². The highest BCUT2D eigenvalue weighted by Crippen LogP contribution is 2.31. The van der Waals surface area contributed by atoms with Crippen LogP contribution in [0.5, 0.6) is 0 Å². The highest BCUT2D eigenvalue weighted by atomic mass is 16.3. The van der Waals surface area contributed by atoms with Gasteiger partial charge in [-0.2, -0.15) is 0 Å². The quantitative estimate of drug-likeness (QED) is 0.619. The van der Waals surface area contributed by atoms with Crippen LogP contribution in [-0.2, 0) is 4.79 Å². The summed E-state index contributed by atoms with van der Waals surface area (Å²) in [7, 11) is 0. The average molecular weight is 214 g/mol. The molecule has 1 atom stereocenters. The van der Waals surface area contributed by atoms with E-state index < -0.39 is 6.04 Å². The number of hydrogen-bond donors (Lipinski definition) is 3. The number of carbonyl (C=O) groups excluding carboxylic acids is 1. The minimum absolute atomic E-state index is 0.0210. The third kappa shape index (κ3) is 3.18. The molecule has 1 amide bonds. The molecular weight excluding hydrogens is 192 g/mol. The number of nitrogens with one attached hydrogen (secondary N) is 1. The Morgan fingerprint density at radius 1 is 1.53 bits per heavy atom. The second-order valence-corrected chi connectivity index (χ2v) is 5.02. The van der Waals surface area contributed by atoms with Crippen LogP contribution in [0.4, 0.5) is 0 Å². The summed E-state index contributed by atoms with van der Waals surface area (Å²) in [4.78, 5) is 11.7. The van der Waals surface area contributed by atoms with E-state index in [-0.39, 0.29) is 18.1 Å². The zero-order valence-corrected chi connectivity index (χ0v) is 9.62. The third-order valence-corrected chi connectivity index (χ3v) is 3.06. The summed E-state index contributed by atoms with van der Waals surface area (Å²) in [6.45, 7) is 4.10. The van der Waals surface area contributed by atoms with Crippen LogP contribution in [0.25, 0.3) is 0 Å². The SMILES string of the molecule is CC(C)C[C@@H](N)C(=O)NC1(CO)CCC1. The summed E-state index contributed by atoms with van der Waals surface area (Å²) in [6.07, 6.45) is 3.49. The number of aliphatic hydroxyl groups excluding tert-OH is 1. The van der Waals surface area contributed by atoms with Gasteiger partial charge in [0.2, 0.25) is 5.91 Å². The topological polar surface area (TPSA) is 75.4 Å². The van der Waals surface area contributed by atoms with Gasteiger partial charge in [-0.3, -0.25) is 4.79 Å². The molecular formula is C11H22N2O2. The first-order valence-corrected chi connectivity index (χ1v) is 5.67. The van der Waals surface area contributed by atoms with Crippen LogP contribution in [0.3, 0.4) is 0 Å². The van der Waals surface area contributed by atoms with Crippen molar-refractivity contribution < 1.29 is 9.90 Å². The second kappa shape index (κ2) is 4.94. The van der Waals surface area contributed by atoms with Crippen LogP contribution in [0.2, 0.25) is 0 Å². The summed E-state index contributed by atoms with van der Waals surface area (Å²) >= 11 is 0. The lowest BCUT2D eigenvalue weighted by Gasteiger charge is -2.41. The molecule has 0 aliphatic heterocycles. The van der Waals surface area contributed by atoms with Gasteiger partial charge in [0.15, 0.2) is 0 Å². The van der Waals surface area contributed by atoms with Gasteiger partial charge in [0.1, 0.15) is 0 Å². The van der Waals surface area contributed by atoms with Gasteiger partial charge in [0.05, 0.1) is 18.2 Å². The fourth-order valence-corrected chi connectivity index (χ4v) is 1.90. The molecule has 1 rings (SSSR count). The van der Waals surface area contributed by atoms with Gasteiger partial charge >= 0.3 is 0 Å². The van der Waals surface area contributed by atoms with Crippen LogP contribution in [0.1, 0.15) is 39.5 Å². The fourth-order valence-electron chi connectivity index (χ4n) is 1.90. The lowest BCUT2D eigenvalue weighted by molar-refractivity contribution is -0.126. The molecule has 1 fully saturated rings. The van der Waals surface area contributed by atoms with Crippen LogP contribution in [0, 0.1) is 5.92 Å². The molecule has 1 aliphatic carbocycles. The van der Waals surface area contributed by atoms with E-state index >= 15 is 0 Å². The fraction of sp³-hybridized carbons (Fsp3) is 0.909. The van der Waals surface area contributed by atoms with Crippen molar-refractivity contribution in [3.63, 3.8) is 0 Å². The van der Waals surface area contributed by atoms with E-state index in [2.05, 4.69) is 5.32 Å². The Balaban J connectivity index is 2.40. The molecule has 0 saturated heterocycles. The van der Waals surface area contributed by atoms with Gasteiger partial charge in [-0.25, -0.2) is 0 Å². The number of nitrogens with two attached hydrogens (primary N) is 1. The first-order valence-electron chi connectivity index (χ1n) is 5.67. The lowest BCUT2D eigenvalue weighted by atomic mass is 9.77. The maximum Gasteiger partial charge on any atom is 0.237 e. The molecule has 4 heteroatoms. The molecule has 0 aromatic heterocycles. The lowest BCUT2D eigenvalue weighted by Crippen LogP contribution is -2.59. The zero-order chi connectivity index (χ0) is 11.5. The predicted molar refractivity (Wildman–Crippen MR) is 59.2 cm³/mol. The molecule has 1 aliphatic rings.